The number of urea groups is 2. The third kappa shape index (κ3) is 2.95. The number of rotatable bonds is 3. The predicted octanol–water partition coefficient (Wildman–Crippen LogP) is 0.266. The summed E-state index contributed by atoms with van der Waals surface area (Å²) in [6.45, 7) is 0. The second kappa shape index (κ2) is 6.08. The fourth-order valence-corrected chi connectivity index (χ4v) is 1.88. The molecule has 0 radical (unpaired) electrons. The third-order valence-corrected chi connectivity index (χ3v) is 2.97. The van der Waals surface area contributed by atoms with E-state index in [0.29, 0.717) is 22.5 Å². The molecule has 114 valence electrons. The van der Waals surface area contributed by atoms with Crippen LogP contribution in [0.4, 0.5) is 21.0 Å². The number of nitrogens with zero attached hydrogens (tertiary/aromatic N) is 3. The largest absolute Gasteiger partial charge is 0.350 e. The fourth-order valence-electron chi connectivity index (χ4n) is 1.88. The van der Waals surface area contributed by atoms with E-state index in [1.165, 1.54) is 12.1 Å². The van der Waals surface area contributed by atoms with Gasteiger partial charge in [0.2, 0.25) is 0 Å². The third-order valence-electron chi connectivity index (χ3n) is 2.97. The fraction of sp³-hybridized carbons (Fsp3) is 0. The molecule has 0 saturated carbocycles. The minimum atomic E-state index is -0.836. The molecule has 2 aromatic rings. The SMILES string of the molecule is NC(=O)N(N)c1ccc(N(N)C(N)=O)c(-c2cccnc2)c1. The molecule has 1 aromatic carbocycles. The number of pyridine rings is 1. The van der Waals surface area contributed by atoms with Crippen molar-refractivity contribution in [2.75, 3.05) is 10.0 Å². The van der Waals surface area contributed by atoms with E-state index >= 15 is 0 Å². The van der Waals surface area contributed by atoms with Gasteiger partial charge in [0.25, 0.3) is 0 Å². The molecule has 9 heteroatoms. The van der Waals surface area contributed by atoms with E-state index in [1.54, 1.807) is 30.6 Å². The van der Waals surface area contributed by atoms with E-state index < -0.39 is 12.1 Å². The standard InChI is InChI=1S/C13H15N7O2/c14-12(21)19(16)9-3-4-11(20(17)13(15)22)10(6-9)8-2-1-5-18-7-8/h1-7H,16-17H2,(H2,14,21)(H2,15,22). The highest BCUT2D eigenvalue weighted by Gasteiger charge is 2.17. The van der Waals surface area contributed by atoms with Crippen LogP contribution in [0.15, 0.2) is 42.7 Å². The Morgan fingerprint density at radius 1 is 1.00 bits per heavy atom. The number of hydrazine groups is 2. The zero-order valence-corrected chi connectivity index (χ0v) is 11.5. The van der Waals surface area contributed by atoms with Crippen LogP contribution in [0.25, 0.3) is 11.1 Å². The molecule has 0 spiro atoms. The average molecular weight is 301 g/mol. The number of carbonyl (C=O) groups excluding carboxylic acids is 2. The molecular weight excluding hydrogens is 286 g/mol. The molecule has 0 unspecified atom stereocenters. The second-order valence-electron chi connectivity index (χ2n) is 4.36. The number of amides is 4. The molecule has 4 amide bonds. The minimum absolute atomic E-state index is 0.327. The summed E-state index contributed by atoms with van der Waals surface area (Å²) in [5.41, 5.74) is 12.2. The normalized spacial score (nSPS) is 10.1. The van der Waals surface area contributed by atoms with Gasteiger partial charge in [-0.3, -0.25) is 4.98 Å². The molecule has 0 atom stereocenters. The Hall–Kier alpha value is -3.17. The number of primary amides is 2. The topological polar surface area (TPSA) is 158 Å². The maximum atomic E-state index is 11.3. The molecule has 1 heterocycles. The Labute approximate surface area is 126 Å². The van der Waals surface area contributed by atoms with Crippen molar-refractivity contribution >= 4 is 23.4 Å². The summed E-state index contributed by atoms with van der Waals surface area (Å²) >= 11 is 0. The molecule has 0 aliphatic heterocycles. The van der Waals surface area contributed by atoms with Gasteiger partial charge in [0.15, 0.2) is 0 Å². The number of anilines is 2. The van der Waals surface area contributed by atoms with Crippen molar-refractivity contribution in [3.05, 3.63) is 42.7 Å². The van der Waals surface area contributed by atoms with Crippen molar-refractivity contribution in [1.29, 1.82) is 0 Å². The summed E-state index contributed by atoms with van der Waals surface area (Å²) in [4.78, 5) is 26.5. The lowest BCUT2D eigenvalue weighted by Gasteiger charge is -2.21. The maximum absolute atomic E-state index is 11.3. The Balaban J connectivity index is 2.61. The molecule has 0 fully saturated rings. The maximum Gasteiger partial charge on any atom is 0.333 e. The number of hydrogen-bond acceptors (Lipinski definition) is 5. The predicted molar refractivity (Wildman–Crippen MR) is 82.2 cm³/mol. The van der Waals surface area contributed by atoms with E-state index in [9.17, 15) is 9.59 Å². The molecule has 0 bridgehead atoms. The van der Waals surface area contributed by atoms with E-state index in [4.69, 9.17) is 23.2 Å². The highest BCUT2D eigenvalue weighted by Crippen LogP contribution is 2.32. The van der Waals surface area contributed by atoms with Crippen molar-refractivity contribution in [2.45, 2.75) is 0 Å². The summed E-state index contributed by atoms with van der Waals surface area (Å²) in [6.07, 6.45) is 3.17. The number of hydrogen-bond donors (Lipinski definition) is 4. The zero-order valence-electron chi connectivity index (χ0n) is 11.5. The smallest absolute Gasteiger partial charge is 0.333 e. The zero-order chi connectivity index (χ0) is 16.3. The molecule has 0 aliphatic rings. The van der Waals surface area contributed by atoms with Gasteiger partial charge in [0, 0.05) is 23.5 Å². The quantitative estimate of drug-likeness (QED) is 0.363. The van der Waals surface area contributed by atoms with Crippen LogP contribution in [0.1, 0.15) is 0 Å². The highest BCUT2D eigenvalue weighted by atomic mass is 16.2. The first-order valence-corrected chi connectivity index (χ1v) is 6.14. The summed E-state index contributed by atoms with van der Waals surface area (Å²) in [7, 11) is 0. The summed E-state index contributed by atoms with van der Waals surface area (Å²) in [5, 5.41) is 1.56. The van der Waals surface area contributed by atoms with Gasteiger partial charge in [-0.1, -0.05) is 6.07 Å². The lowest BCUT2D eigenvalue weighted by Crippen LogP contribution is -2.43. The van der Waals surface area contributed by atoms with Crippen molar-refractivity contribution in [3.8, 4) is 11.1 Å². The van der Waals surface area contributed by atoms with Crippen LogP contribution in [-0.4, -0.2) is 17.0 Å². The van der Waals surface area contributed by atoms with Gasteiger partial charge in [-0.2, -0.15) is 0 Å². The first kappa shape index (κ1) is 15.2. The van der Waals surface area contributed by atoms with Crippen LogP contribution in [0.2, 0.25) is 0 Å². The van der Waals surface area contributed by atoms with Gasteiger partial charge in [-0.25, -0.2) is 31.3 Å². The van der Waals surface area contributed by atoms with Crippen molar-refractivity contribution in [3.63, 3.8) is 0 Å². The monoisotopic (exact) mass is 301 g/mol. The van der Waals surface area contributed by atoms with Crippen LogP contribution in [-0.2, 0) is 0 Å². The number of carbonyl (C=O) groups is 2. The van der Waals surface area contributed by atoms with Crippen LogP contribution in [0.3, 0.4) is 0 Å². The summed E-state index contributed by atoms with van der Waals surface area (Å²) < 4.78 is 0. The first-order chi connectivity index (χ1) is 10.4. The Kier molecular flexibility index (Phi) is 4.20. The van der Waals surface area contributed by atoms with Crippen LogP contribution >= 0.6 is 0 Å². The lowest BCUT2D eigenvalue weighted by atomic mass is 10.0. The number of aromatic nitrogens is 1. The van der Waals surface area contributed by atoms with Crippen molar-refractivity contribution in [1.82, 2.24) is 4.98 Å². The molecule has 22 heavy (non-hydrogen) atoms. The Morgan fingerprint density at radius 2 is 1.68 bits per heavy atom. The number of benzene rings is 1. The van der Waals surface area contributed by atoms with Gasteiger partial charge < -0.3 is 11.5 Å². The second-order valence-corrected chi connectivity index (χ2v) is 4.36. The van der Waals surface area contributed by atoms with Gasteiger partial charge in [0.1, 0.15) is 0 Å². The van der Waals surface area contributed by atoms with Gasteiger partial charge >= 0.3 is 12.1 Å². The van der Waals surface area contributed by atoms with E-state index in [1.807, 2.05) is 0 Å². The van der Waals surface area contributed by atoms with Gasteiger partial charge in [0.05, 0.1) is 11.4 Å². The van der Waals surface area contributed by atoms with Gasteiger partial charge in [-0.05, 0) is 24.3 Å². The molecular formula is C13H15N7O2. The Bertz CT molecular complexity index is 705. The molecule has 9 nitrogen and oxygen atoms in total. The molecule has 1 aromatic heterocycles. The van der Waals surface area contributed by atoms with E-state index in [2.05, 4.69) is 4.98 Å². The highest BCUT2D eigenvalue weighted by molar-refractivity contribution is 5.97. The average Bonchev–Trinajstić information content (AvgIpc) is 2.53. The lowest BCUT2D eigenvalue weighted by molar-refractivity contribution is 0.253. The van der Waals surface area contributed by atoms with E-state index in [0.717, 1.165) is 10.0 Å². The molecule has 8 N–H and O–H groups in total. The van der Waals surface area contributed by atoms with Crippen LogP contribution in [0, 0.1) is 0 Å². The van der Waals surface area contributed by atoms with Crippen molar-refractivity contribution < 1.29 is 9.59 Å². The molecule has 2 rings (SSSR count). The first-order valence-electron chi connectivity index (χ1n) is 6.14. The van der Waals surface area contributed by atoms with Gasteiger partial charge in [-0.15, -0.1) is 0 Å². The molecule has 0 saturated heterocycles. The summed E-state index contributed by atoms with van der Waals surface area (Å²) in [5.74, 6) is 11.2. The van der Waals surface area contributed by atoms with E-state index in [-0.39, 0.29) is 0 Å². The number of nitrogens with two attached hydrogens (primary N) is 4. The summed E-state index contributed by atoms with van der Waals surface area (Å²) in [6, 6.07) is 6.36. The van der Waals surface area contributed by atoms with Crippen molar-refractivity contribution in [2.24, 2.45) is 23.2 Å². The molecule has 0 aliphatic carbocycles. The Morgan fingerprint density at radius 3 is 2.23 bits per heavy atom. The minimum Gasteiger partial charge on any atom is -0.350 e. The van der Waals surface area contributed by atoms with Crippen LogP contribution < -0.4 is 33.2 Å². The van der Waals surface area contributed by atoms with Crippen LogP contribution in [0.5, 0.6) is 0 Å².